The summed E-state index contributed by atoms with van der Waals surface area (Å²) in [6.45, 7) is 2.54. The Balaban J connectivity index is 1.48. The zero-order valence-electron chi connectivity index (χ0n) is 13.5. The minimum absolute atomic E-state index is 0.509. The number of ether oxygens (including phenoxy) is 2. The summed E-state index contributed by atoms with van der Waals surface area (Å²) >= 11 is 0. The van der Waals surface area contributed by atoms with Crippen molar-refractivity contribution in [2.45, 2.75) is 38.3 Å². The van der Waals surface area contributed by atoms with Crippen LogP contribution < -0.4 is 9.47 Å². The molecular formula is C17H21N3O3. The van der Waals surface area contributed by atoms with E-state index in [1.165, 1.54) is 24.0 Å². The standard InChI is InChI=1S/C17H21N3O3/c1-21-14-7-12-5-6-20(9-13(12)8-15(14)22-2)10-16-18-19-17(23-16)11-3-4-11/h7-8,11H,3-6,9-10H2,1-2H3. The average molecular weight is 315 g/mol. The van der Waals surface area contributed by atoms with E-state index < -0.39 is 0 Å². The van der Waals surface area contributed by atoms with Crippen molar-refractivity contribution in [1.29, 1.82) is 0 Å². The third-order valence-corrected chi connectivity index (χ3v) is 4.57. The molecule has 1 aliphatic carbocycles. The Morgan fingerprint density at radius 1 is 1.13 bits per heavy atom. The molecule has 0 amide bonds. The summed E-state index contributed by atoms with van der Waals surface area (Å²) in [6.07, 6.45) is 3.35. The summed E-state index contributed by atoms with van der Waals surface area (Å²) < 4.78 is 16.6. The molecule has 0 spiro atoms. The summed E-state index contributed by atoms with van der Waals surface area (Å²) in [7, 11) is 3.34. The highest BCUT2D eigenvalue weighted by atomic mass is 16.5. The van der Waals surface area contributed by atoms with Crippen molar-refractivity contribution in [3.63, 3.8) is 0 Å². The Morgan fingerprint density at radius 3 is 2.57 bits per heavy atom. The molecule has 1 aliphatic heterocycles. The van der Waals surface area contributed by atoms with Crippen molar-refractivity contribution >= 4 is 0 Å². The second kappa shape index (κ2) is 5.85. The molecule has 0 bridgehead atoms. The maximum Gasteiger partial charge on any atom is 0.230 e. The van der Waals surface area contributed by atoms with Gasteiger partial charge in [0, 0.05) is 19.0 Å². The summed E-state index contributed by atoms with van der Waals surface area (Å²) in [5, 5.41) is 8.34. The van der Waals surface area contributed by atoms with Crippen LogP contribution in [0.25, 0.3) is 0 Å². The summed E-state index contributed by atoms with van der Waals surface area (Å²) in [6, 6.07) is 4.16. The lowest BCUT2D eigenvalue weighted by Crippen LogP contribution is -2.30. The van der Waals surface area contributed by atoms with Gasteiger partial charge < -0.3 is 13.9 Å². The van der Waals surface area contributed by atoms with Gasteiger partial charge >= 0.3 is 0 Å². The smallest absolute Gasteiger partial charge is 0.230 e. The minimum atomic E-state index is 0.509. The topological polar surface area (TPSA) is 60.6 Å². The molecule has 23 heavy (non-hydrogen) atoms. The fourth-order valence-electron chi connectivity index (χ4n) is 3.09. The number of nitrogens with zero attached hydrogens (tertiary/aromatic N) is 3. The minimum Gasteiger partial charge on any atom is -0.493 e. The van der Waals surface area contributed by atoms with Crippen LogP contribution in [0.4, 0.5) is 0 Å². The molecule has 2 aliphatic rings. The van der Waals surface area contributed by atoms with Gasteiger partial charge in [-0.15, -0.1) is 10.2 Å². The molecule has 1 saturated carbocycles. The Hall–Kier alpha value is -2.08. The first-order valence-electron chi connectivity index (χ1n) is 8.05. The van der Waals surface area contributed by atoms with Gasteiger partial charge in [0.2, 0.25) is 11.8 Å². The van der Waals surface area contributed by atoms with Crippen LogP contribution in [0, 0.1) is 0 Å². The van der Waals surface area contributed by atoms with Gasteiger partial charge in [-0.3, -0.25) is 4.90 Å². The van der Waals surface area contributed by atoms with Crippen molar-refractivity contribution in [2.24, 2.45) is 0 Å². The fourth-order valence-corrected chi connectivity index (χ4v) is 3.09. The van der Waals surface area contributed by atoms with Crippen LogP contribution in [0.1, 0.15) is 41.7 Å². The molecule has 2 aromatic rings. The SMILES string of the molecule is COc1cc2c(cc1OC)CN(Cc1nnc(C3CC3)o1)CC2. The zero-order valence-corrected chi connectivity index (χ0v) is 13.5. The molecule has 0 radical (unpaired) electrons. The van der Waals surface area contributed by atoms with Gasteiger partial charge in [-0.2, -0.15) is 0 Å². The first-order valence-corrected chi connectivity index (χ1v) is 8.05. The molecule has 1 aromatic heterocycles. The zero-order chi connectivity index (χ0) is 15.8. The molecular weight excluding hydrogens is 294 g/mol. The number of fused-ring (bicyclic) bond motifs is 1. The van der Waals surface area contributed by atoms with E-state index in [1.807, 2.05) is 0 Å². The van der Waals surface area contributed by atoms with Gasteiger partial charge in [-0.1, -0.05) is 0 Å². The van der Waals surface area contributed by atoms with Crippen LogP contribution in [0.15, 0.2) is 16.5 Å². The maximum absolute atomic E-state index is 5.77. The van der Waals surface area contributed by atoms with Gasteiger partial charge in [0.05, 0.1) is 20.8 Å². The van der Waals surface area contributed by atoms with E-state index in [-0.39, 0.29) is 0 Å². The molecule has 1 aromatic carbocycles. The summed E-state index contributed by atoms with van der Waals surface area (Å²) in [4.78, 5) is 2.33. The van der Waals surface area contributed by atoms with Crippen LogP contribution in [-0.4, -0.2) is 35.9 Å². The van der Waals surface area contributed by atoms with Crippen LogP contribution in [0.5, 0.6) is 11.5 Å². The van der Waals surface area contributed by atoms with Gasteiger partial charge in [0.25, 0.3) is 0 Å². The summed E-state index contributed by atoms with van der Waals surface area (Å²) in [5.41, 5.74) is 2.60. The van der Waals surface area contributed by atoms with Gasteiger partial charge in [-0.25, -0.2) is 0 Å². The third kappa shape index (κ3) is 2.91. The lowest BCUT2D eigenvalue weighted by atomic mass is 9.99. The molecule has 2 heterocycles. The fraction of sp³-hybridized carbons (Fsp3) is 0.529. The quantitative estimate of drug-likeness (QED) is 0.845. The Labute approximate surface area is 135 Å². The number of hydrogen-bond acceptors (Lipinski definition) is 6. The monoisotopic (exact) mass is 315 g/mol. The van der Waals surface area contributed by atoms with E-state index in [4.69, 9.17) is 13.9 Å². The second-order valence-corrected chi connectivity index (χ2v) is 6.24. The number of benzene rings is 1. The first-order chi connectivity index (χ1) is 11.3. The Morgan fingerprint density at radius 2 is 1.87 bits per heavy atom. The Bertz CT molecular complexity index is 709. The van der Waals surface area contributed by atoms with Gasteiger partial charge in [-0.05, 0) is 42.5 Å². The van der Waals surface area contributed by atoms with Crippen molar-refractivity contribution < 1.29 is 13.9 Å². The molecule has 0 atom stereocenters. The largest absolute Gasteiger partial charge is 0.493 e. The molecule has 0 N–H and O–H groups in total. The highest BCUT2D eigenvalue weighted by molar-refractivity contribution is 5.48. The van der Waals surface area contributed by atoms with Crippen molar-refractivity contribution in [3.05, 3.63) is 35.0 Å². The van der Waals surface area contributed by atoms with Gasteiger partial charge in [0.1, 0.15) is 0 Å². The predicted octanol–water partition coefficient (Wildman–Crippen LogP) is 2.52. The molecule has 1 fully saturated rings. The predicted molar refractivity (Wildman–Crippen MR) is 83.6 cm³/mol. The molecule has 0 unspecified atom stereocenters. The maximum atomic E-state index is 5.77. The highest BCUT2D eigenvalue weighted by Gasteiger charge is 2.30. The van der Waals surface area contributed by atoms with Crippen LogP contribution in [0.3, 0.4) is 0 Å². The number of methoxy groups -OCH3 is 2. The van der Waals surface area contributed by atoms with Crippen molar-refractivity contribution in [1.82, 2.24) is 15.1 Å². The van der Waals surface area contributed by atoms with Crippen LogP contribution in [0.2, 0.25) is 0 Å². The third-order valence-electron chi connectivity index (χ3n) is 4.57. The summed E-state index contributed by atoms with van der Waals surface area (Å²) in [5.74, 6) is 3.61. The van der Waals surface area contributed by atoms with Gasteiger partial charge in [0.15, 0.2) is 11.5 Å². The molecule has 6 nitrogen and oxygen atoms in total. The number of aromatic nitrogens is 2. The lowest BCUT2D eigenvalue weighted by molar-refractivity contribution is 0.218. The first kappa shape index (κ1) is 14.5. The number of hydrogen-bond donors (Lipinski definition) is 0. The molecule has 0 saturated heterocycles. The average Bonchev–Trinajstić information content (AvgIpc) is 3.33. The van der Waals surface area contributed by atoms with Crippen LogP contribution in [-0.2, 0) is 19.5 Å². The lowest BCUT2D eigenvalue weighted by Gasteiger charge is -2.28. The van der Waals surface area contributed by atoms with Crippen molar-refractivity contribution in [3.8, 4) is 11.5 Å². The van der Waals surface area contributed by atoms with E-state index in [2.05, 4.69) is 27.2 Å². The number of rotatable bonds is 5. The second-order valence-electron chi connectivity index (χ2n) is 6.24. The van der Waals surface area contributed by atoms with Crippen LogP contribution >= 0.6 is 0 Å². The highest BCUT2D eigenvalue weighted by Crippen LogP contribution is 2.39. The van der Waals surface area contributed by atoms with E-state index in [0.717, 1.165) is 42.8 Å². The van der Waals surface area contributed by atoms with E-state index in [1.54, 1.807) is 14.2 Å². The van der Waals surface area contributed by atoms with E-state index >= 15 is 0 Å². The Kier molecular flexibility index (Phi) is 3.69. The van der Waals surface area contributed by atoms with E-state index in [9.17, 15) is 0 Å². The van der Waals surface area contributed by atoms with E-state index in [0.29, 0.717) is 12.5 Å². The molecule has 6 heteroatoms. The molecule has 4 rings (SSSR count). The van der Waals surface area contributed by atoms with Crippen molar-refractivity contribution in [2.75, 3.05) is 20.8 Å². The normalized spacial score (nSPS) is 17.8. The molecule has 122 valence electrons.